The number of nitrogen functional groups attached to an aromatic ring is 1. The van der Waals surface area contributed by atoms with Gasteiger partial charge in [0.15, 0.2) is 5.82 Å². The van der Waals surface area contributed by atoms with Crippen molar-refractivity contribution in [3.05, 3.63) is 24.0 Å². The third-order valence-electron chi connectivity index (χ3n) is 2.01. The molecule has 0 aliphatic rings. The third kappa shape index (κ3) is 1.50. The molecule has 0 aliphatic carbocycles. The Morgan fingerprint density at radius 2 is 2.20 bits per heavy atom. The van der Waals surface area contributed by atoms with Crippen molar-refractivity contribution in [2.75, 3.05) is 5.73 Å². The lowest BCUT2D eigenvalue weighted by Gasteiger charge is -2.00. The molecule has 2 rings (SSSR count). The van der Waals surface area contributed by atoms with E-state index in [-0.39, 0.29) is 23.1 Å². The molecular formula is C9H9FN4O. The minimum atomic E-state index is -0.583. The highest BCUT2D eigenvalue weighted by molar-refractivity contribution is 5.64. The van der Waals surface area contributed by atoms with Gasteiger partial charge < -0.3 is 10.8 Å². The number of nitrogens with two attached hydrogens (primary N) is 1. The van der Waals surface area contributed by atoms with Gasteiger partial charge in [-0.1, -0.05) is 6.07 Å². The fourth-order valence-electron chi connectivity index (χ4n) is 1.24. The second-order valence-electron chi connectivity index (χ2n) is 3.05. The van der Waals surface area contributed by atoms with E-state index in [2.05, 4.69) is 10.1 Å². The molecule has 5 nitrogen and oxygen atoms in total. The van der Waals surface area contributed by atoms with Gasteiger partial charge in [-0.2, -0.15) is 4.98 Å². The fourth-order valence-corrected chi connectivity index (χ4v) is 1.24. The molecule has 0 bridgehead atoms. The fraction of sp³-hybridized carbons (Fsp3) is 0.111. The molecule has 15 heavy (non-hydrogen) atoms. The molecule has 1 aromatic heterocycles. The van der Waals surface area contributed by atoms with Gasteiger partial charge in [-0.05, 0) is 12.1 Å². The van der Waals surface area contributed by atoms with Crippen molar-refractivity contribution in [3.8, 4) is 17.1 Å². The van der Waals surface area contributed by atoms with Crippen LogP contribution in [0.3, 0.4) is 0 Å². The number of halogens is 1. The van der Waals surface area contributed by atoms with Crippen LogP contribution in [0.5, 0.6) is 5.75 Å². The summed E-state index contributed by atoms with van der Waals surface area (Å²) in [7, 11) is 1.59. The molecule has 0 amide bonds. The quantitative estimate of drug-likeness (QED) is 0.730. The van der Waals surface area contributed by atoms with Gasteiger partial charge in [0.25, 0.3) is 0 Å². The SMILES string of the molecule is Cn1nc(-c2c(O)cccc2F)nc1N. The Labute approximate surface area is 85.0 Å². The number of hydrogen-bond acceptors (Lipinski definition) is 4. The summed E-state index contributed by atoms with van der Waals surface area (Å²) in [5.41, 5.74) is 5.43. The van der Waals surface area contributed by atoms with E-state index in [0.29, 0.717) is 0 Å². The molecular weight excluding hydrogens is 199 g/mol. The molecule has 0 spiro atoms. The Morgan fingerprint density at radius 3 is 2.73 bits per heavy atom. The standard InChI is InChI=1S/C9H9FN4O/c1-14-9(11)12-8(13-14)7-5(10)3-2-4-6(7)15/h2-4,15H,1H3,(H2,11,12,13). The van der Waals surface area contributed by atoms with Crippen LogP contribution in [0.25, 0.3) is 11.4 Å². The second kappa shape index (κ2) is 3.23. The predicted molar refractivity (Wildman–Crippen MR) is 52.5 cm³/mol. The number of aryl methyl sites for hydroxylation is 1. The summed E-state index contributed by atoms with van der Waals surface area (Å²) >= 11 is 0. The minimum Gasteiger partial charge on any atom is -0.507 e. The summed E-state index contributed by atoms with van der Waals surface area (Å²) in [6.45, 7) is 0. The lowest BCUT2D eigenvalue weighted by Crippen LogP contribution is -1.97. The summed E-state index contributed by atoms with van der Waals surface area (Å²) in [6, 6.07) is 3.99. The molecule has 0 aliphatic heterocycles. The van der Waals surface area contributed by atoms with Gasteiger partial charge >= 0.3 is 0 Å². The average Bonchev–Trinajstić information content (AvgIpc) is 2.46. The first-order chi connectivity index (χ1) is 7.09. The van der Waals surface area contributed by atoms with Gasteiger partial charge in [-0.25, -0.2) is 9.07 Å². The van der Waals surface area contributed by atoms with Gasteiger partial charge in [-0.15, -0.1) is 5.10 Å². The van der Waals surface area contributed by atoms with Crippen LogP contribution < -0.4 is 5.73 Å². The van der Waals surface area contributed by atoms with E-state index in [4.69, 9.17) is 5.73 Å². The Bertz CT molecular complexity index is 469. The van der Waals surface area contributed by atoms with Gasteiger partial charge in [-0.3, -0.25) is 0 Å². The lowest BCUT2D eigenvalue weighted by molar-refractivity contribution is 0.471. The summed E-state index contributed by atoms with van der Waals surface area (Å²) in [5.74, 6) is -0.556. The number of anilines is 1. The highest BCUT2D eigenvalue weighted by Gasteiger charge is 2.15. The van der Waals surface area contributed by atoms with Gasteiger partial charge in [0.05, 0.1) is 5.56 Å². The van der Waals surface area contributed by atoms with Crippen LogP contribution in [-0.2, 0) is 7.05 Å². The number of nitrogens with zero attached hydrogens (tertiary/aromatic N) is 3. The molecule has 6 heteroatoms. The molecule has 3 N–H and O–H groups in total. The topological polar surface area (TPSA) is 77.0 Å². The molecule has 0 atom stereocenters. The largest absolute Gasteiger partial charge is 0.507 e. The first kappa shape index (κ1) is 9.45. The van der Waals surface area contributed by atoms with E-state index in [0.717, 1.165) is 0 Å². The number of phenolic OH excluding ortho intramolecular Hbond substituents is 1. The molecule has 0 saturated carbocycles. The van der Waals surface area contributed by atoms with E-state index in [1.54, 1.807) is 7.05 Å². The maximum Gasteiger partial charge on any atom is 0.218 e. The first-order valence-electron chi connectivity index (χ1n) is 4.24. The Balaban J connectivity index is 2.63. The predicted octanol–water partition coefficient (Wildman–Crippen LogP) is 0.909. The normalized spacial score (nSPS) is 10.5. The zero-order valence-electron chi connectivity index (χ0n) is 7.98. The smallest absolute Gasteiger partial charge is 0.218 e. The monoisotopic (exact) mass is 208 g/mol. The van der Waals surface area contributed by atoms with Crippen molar-refractivity contribution in [3.63, 3.8) is 0 Å². The second-order valence-corrected chi connectivity index (χ2v) is 3.05. The zero-order valence-corrected chi connectivity index (χ0v) is 7.98. The van der Waals surface area contributed by atoms with Crippen molar-refractivity contribution in [1.29, 1.82) is 0 Å². The summed E-state index contributed by atoms with van der Waals surface area (Å²) in [6.07, 6.45) is 0. The van der Waals surface area contributed by atoms with Crippen molar-refractivity contribution >= 4 is 5.95 Å². The highest BCUT2D eigenvalue weighted by atomic mass is 19.1. The number of phenols is 1. The maximum atomic E-state index is 13.4. The van der Waals surface area contributed by atoms with E-state index >= 15 is 0 Å². The Hall–Kier alpha value is -2.11. The number of rotatable bonds is 1. The summed E-state index contributed by atoms with van der Waals surface area (Å²) in [4.78, 5) is 3.83. The van der Waals surface area contributed by atoms with Crippen LogP contribution in [-0.4, -0.2) is 19.9 Å². The molecule has 1 aromatic carbocycles. The van der Waals surface area contributed by atoms with Crippen LogP contribution in [0.2, 0.25) is 0 Å². The zero-order chi connectivity index (χ0) is 11.0. The molecule has 0 unspecified atom stereocenters. The van der Waals surface area contributed by atoms with Crippen molar-refractivity contribution < 1.29 is 9.50 Å². The maximum absolute atomic E-state index is 13.4. The van der Waals surface area contributed by atoms with Crippen molar-refractivity contribution in [1.82, 2.24) is 14.8 Å². The van der Waals surface area contributed by atoms with E-state index in [1.165, 1.54) is 22.9 Å². The van der Waals surface area contributed by atoms with Crippen LogP contribution in [0.4, 0.5) is 10.3 Å². The Kier molecular flexibility index (Phi) is 2.03. The molecule has 2 aromatic rings. The first-order valence-corrected chi connectivity index (χ1v) is 4.24. The van der Waals surface area contributed by atoms with Crippen molar-refractivity contribution in [2.24, 2.45) is 7.05 Å². The van der Waals surface area contributed by atoms with Crippen molar-refractivity contribution in [2.45, 2.75) is 0 Å². The number of benzene rings is 1. The van der Waals surface area contributed by atoms with Crippen LogP contribution >= 0.6 is 0 Å². The third-order valence-corrected chi connectivity index (χ3v) is 2.01. The van der Waals surface area contributed by atoms with E-state index < -0.39 is 5.82 Å². The lowest BCUT2D eigenvalue weighted by atomic mass is 10.2. The average molecular weight is 208 g/mol. The van der Waals surface area contributed by atoms with E-state index in [9.17, 15) is 9.50 Å². The van der Waals surface area contributed by atoms with Crippen LogP contribution in [0.15, 0.2) is 18.2 Å². The molecule has 0 saturated heterocycles. The minimum absolute atomic E-state index is 0.0372. The van der Waals surface area contributed by atoms with Crippen LogP contribution in [0.1, 0.15) is 0 Å². The van der Waals surface area contributed by atoms with Crippen LogP contribution in [0, 0.1) is 5.82 Å². The van der Waals surface area contributed by atoms with E-state index in [1.807, 2.05) is 0 Å². The molecule has 78 valence electrons. The number of aromatic hydroxyl groups is 1. The van der Waals surface area contributed by atoms with Gasteiger partial charge in [0, 0.05) is 7.05 Å². The van der Waals surface area contributed by atoms with Gasteiger partial charge in [0.2, 0.25) is 5.95 Å². The summed E-state index contributed by atoms with van der Waals surface area (Å²) < 4.78 is 14.7. The summed E-state index contributed by atoms with van der Waals surface area (Å²) in [5, 5.41) is 13.4. The molecule has 1 heterocycles. The number of aromatic nitrogens is 3. The number of hydrogen-bond donors (Lipinski definition) is 2. The molecule has 0 radical (unpaired) electrons. The Morgan fingerprint density at radius 1 is 1.47 bits per heavy atom. The highest BCUT2D eigenvalue weighted by Crippen LogP contribution is 2.29. The molecule has 0 fully saturated rings. The van der Waals surface area contributed by atoms with Gasteiger partial charge in [0.1, 0.15) is 11.6 Å².